The quantitative estimate of drug-likeness (QED) is 0.874. The third-order valence-corrected chi connectivity index (χ3v) is 3.11. The zero-order chi connectivity index (χ0) is 17.7. The minimum Gasteiger partial charge on any atom is -0.449 e. The number of anilines is 1. The molecule has 5 nitrogen and oxygen atoms in total. The zero-order valence-electron chi connectivity index (χ0n) is 12.5. The van der Waals surface area contributed by atoms with Crippen molar-refractivity contribution in [2.45, 2.75) is 13.0 Å². The lowest BCUT2D eigenvalue weighted by Crippen LogP contribution is -2.30. The van der Waals surface area contributed by atoms with Crippen molar-refractivity contribution in [3.8, 4) is 6.07 Å². The molecular weight excluding hydrogens is 318 g/mol. The van der Waals surface area contributed by atoms with Gasteiger partial charge in [-0.05, 0) is 31.2 Å². The van der Waals surface area contributed by atoms with E-state index in [1.807, 2.05) is 6.07 Å². The third kappa shape index (κ3) is 3.93. The maximum atomic E-state index is 13.5. The van der Waals surface area contributed by atoms with Gasteiger partial charge in [0.1, 0.15) is 17.7 Å². The fourth-order valence-corrected chi connectivity index (χ4v) is 1.86. The van der Waals surface area contributed by atoms with Gasteiger partial charge in [0.05, 0.1) is 16.8 Å². The van der Waals surface area contributed by atoms with Crippen molar-refractivity contribution in [1.82, 2.24) is 0 Å². The van der Waals surface area contributed by atoms with Crippen LogP contribution in [0.2, 0.25) is 0 Å². The number of hydrogen-bond acceptors (Lipinski definition) is 4. The lowest BCUT2D eigenvalue weighted by atomic mass is 10.2. The van der Waals surface area contributed by atoms with E-state index in [1.165, 1.54) is 19.1 Å². The first-order valence-corrected chi connectivity index (χ1v) is 6.88. The van der Waals surface area contributed by atoms with E-state index in [2.05, 4.69) is 5.32 Å². The molecule has 0 saturated heterocycles. The van der Waals surface area contributed by atoms with Crippen molar-refractivity contribution in [2.75, 3.05) is 5.32 Å². The molecule has 2 aromatic carbocycles. The number of nitriles is 1. The Bertz CT molecular complexity index is 831. The molecule has 0 fully saturated rings. The summed E-state index contributed by atoms with van der Waals surface area (Å²) in [7, 11) is 0. The number of carbonyl (C=O) groups excluding carboxylic acids is 2. The molecule has 0 aromatic heterocycles. The van der Waals surface area contributed by atoms with Gasteiger partial charge >= 0.3 is 5.97 Å². The van der Waals surface area contributed by atoms with Crippen LogP contribution in [0.5, 0.6) is 0 Å². The number of nitrogens with one attached hydrogen (secondary N) is 1. The Morgan fingerprint density at radius 1 is 1.21 bits per heavy atom. The normalized spacial score (nSPS) is 11.2. The monoisotopic (exact) mass is 330 g/mol. The van der Waals surface area contributed by atoms with Gasteiger partial charge in [0.25, 0.3) is 5.91 Å². The number of nitrogens with zero attached hydrogens (tertiary/aromatic N) is 1. The van der Waals surface area contributed by atoms with Gasteiger partial charge in [-0.3, -0.25) is 4.79 Å². The summed E-state index contributed by atoms with van der Waals surface area (Å²) >= 11 is 0. The van der Waals surface area contributed by atoms with Crippen LogP contribution in [-0.2, 0) is 9.53 Å². The Morgan fingerprint density at radius 3 is 2.58 bits per heavy atom. The largest absolute Gasteiger partial charge is 0.449 e. The zero-order valence-corrected chi connectivity index (χ0v) is 12.5. The van der Waals surface area contributed by atoms with Crippen molar-refractivity contribution >= 4 is 17.6 Å². The highest BCUT2D eigenvalue weighted by Crippen LogP contribution is 2.15. The Morgan fingerprint density at radius 2 is 1.92 bits per heavy atom. The predicted octanol–water partition coefficient (Wildman–Crippen LogP) is 3.02. The van der Waals surface area contributed by atoms with E-state index in [4.69, 9.17) is 10.00 Å². The van der Waals surface area contributed by atoms with Crippen molar-refractivity contribution in [1.29, 1.82) is 5.26 Å². The number of rotatable bonds is 4. The molecule has 0 radical (unpaired) electrons. The highest BCUT2D eigenvalue weighted by atomic mass is 19.1. The van der Waals surface area contributed by atoms with Crippen molar-refractivity contribution in [3.05, 3.63) is 65.2 Å². The summed E-state index contributed by atoms with van der Waals surface area (Å²) < 4.78 is 31.2. The SMILES string of the molecule is C[C@H](OC(=O)c1ccc(F)cc1F)C(=O)Nc1ccccc1C#N. The van der Waals surface area contributed by atoms with Crippen molar-refractivity contribution in [3.63, 3.8) is 0 Å². The molecular formula is C17H12F2N2O3. The fourth-order valence-electron chi connectivity index (χ4n) is 1.86. The highest BCUT2D eigenvalue weighted by Gasteiger charge is 2.22. The van der Waals surface area contributed by atoms with E-state index in [1.54, 1.807) is 12.1 Å². The predicted molar refractivity (Wildman–Crippen MR) is 81.0 cm³/mol. The number of para-hydroxylation sites is 1. The van der Waals surface area contributed by atoms with E-state index < -0.39 is 35.2 Å². The van der Waals surface area contributed by atoms with Crippen LogP contribution in [0.15, 0.2) is 42.5 Å². The van der Waals surface area contributed by atoms with Crippen LogP contribution in [0.25, 0.3) is 0 Å². The number of amides is 1. The minimum absolute atomic E-state index is 0.244. The van der Waals surface area contributed by atoms with Crippen LogP contribution in [-0.4, -0.2) is 18.0 Å². The summed E-state index contributed by atoms with van der Waals surface area (Å²) in [5, 5.41) is 11.4. The Labute approximate surface area is 136 Å². The molecule has 2 aromatic rings. The van der Waals surface area contributed by atoms with Gasteiger partial charge in [0.2, 0.25) is 0 Å². The molecule has 2 rings (SSSR count). The highest BCUT2D eigenvalue weighted by molar-refractivity contribution is 5.98. The number of benzene rings is 2. The minimum atomic E-state index is -1.24. The third-order valence-electron chi connectivity index (χ3n) is 3.11. The van der Waals surface area contributed by atoms with Crippen LogP contribution in [0, 0.1) is 23.0 Å². The molecule has 24 heavy (non-hydrogen) atoms. The average molecular weight is 330 g/mol. The molecule has 0 saturated carbocycles. The smallest absolute Gasteiger partial charge is 0.341 e. The van der Waals surface area contributed by atoms with Gasteiger partial charge in [0, 0.05) is 6.07 Å². The number of esters is 1. The van der Waals surface area contributed by atoms with Crippen LogP contribution >= 0.6 is 0 Å². The van der Waals surface area contributed by atoms with Crippen LogP contribution in [0.4, 0.5) is 14.5 Å². The second-order valence-electron chi connectivity index (χ2n) is 4.82. The van der Waals surface area contributed by atoms with E-state index >= 15 is 0 Å². The summed E-state index contributed by atoms with van der Waals surface area (Å²) in [5.41, 5.74) is 0.0308. The van der Waals surface area contributed by atoms with Crippen LogP contribution in [0.3, 0.4) is 0 Å². The van der Waals surface area contributed by atoms with Gasteiger partial charge in [-0.1, -0.05) is 12.1 Å². The Kier molecular flexibility index (Phi) is 5.22. The van der Waals surface area contributed by atoms with Crippen molar-refractivity contribution < 1.29 is 23.1 Å². The summed E-state index contributed by atoms with van der Waals surface area (Å²) in [6.07, 6.45) is -1.24. The molecule has 0 aliphatic rings. The van der Waals surface area contributed by atoms with Gasteiger partial charge < -0.3 is 10.1 Å². The summed E-state index contributed by atoms with van der Waals surface area (Å²) in [6.45, 7) is 1.30. The first-order valence-electron chi connectivity index (χ1n) is 6.88. The van der Waals surface area contributed by atoms with Gasteiger partial charge in [0.15, 0.2) is 6.10 Å². The molecule has 122 valence electrons. The Balaban J connectivity index is 2.06. The lowest BCUT2D eigenvalue weighted by Gasteiger charge is -2.14. The summed E-state index contributed by atoms with van der Waals surface area (Å²) in [6, 6.07) is 10.6. The molecule has 1 amide bonds. The molecule has 7 heteroatoms. The molecule has 1 atom stereocenters. The maximum absolute atomic E-state index is 13.5. The number of halogens is 2. The second-order valence-corrected chi connectivity index (χ2v) is 4.82. The van der Waals surface area contributed by atoms with Crippen LogP contribution < -0.4 is 5.32 Å². The van der Waals surface area contributed by atoms with Gasteiger partial charge in [-0.25, -0.2) is 13.6 Å². The average Bonchev–Trinajstić information content (AvgIpc) is 2.55. The van der Waals surface area contributed by atoms with Gasteiger partial charge in [-0.2, -0.15) is 5.26 Å². The number of hydrogen-bond donors (Lipinski definition) is 1. The summed E-state index contributed by atoms with van der Waals surface area (Å²) in [5.74, 6) is -3.69. The first-order chi connectivity index (χ1) is 11.4. The van der Waals surface area contributed by atoms with E-state index in [0.717, 1.165) is 12.1 Å². The molecule has 1 N–H and O–H groups in total. The van der Waals surface area contributed by atoms with E-state index in [0.29, 0.717) is 6.07 Å². The molecule has 0 aliphatic heterocycles. The molecule has 0 heterocycles. The first kappa shape index (κ1) is 17.1. The second kappa shape index (κ2) is 7.33. The Hall–Kier alpha value is -3.27. The molecule has 0 aliphatic carbocycles. The fraction of sp³-hybridized carbons (Fsp3) is 0.118. The van der Waals surface area contributed by atoms with E-state index in [9.17, 15) is 18.4 Å². The maximum Gasteiger partial charge on any atom is 0.341 e. The number of carbonyl (C=O) groups is 2. The molecule has 0 spiro atoms. The number of ether oxygens (including phenoxy) is 1. The van der Waals surface area contributed by atoms with Crippen LogP contribution in [0.1, 0.15) is 22.8 Å². The molecule has 0 bridgehead atoms. The van der Waals surface area contributed by atoms with Gasteiger partial charge in [-0.15, -0.1) is 0 Å². The summed E-state index contributed by atoms with van der Waals surface area (Å²) in [4.78, 5) is 23.9. The molecule has 0 unspecified atom stereocenters. The van der Waals surface area contributed by atoms with E-state index in [-0.39, 0.29) is 11.3 Å². The van der Waals surface area contributed by atoms with Crippen molar-refractivity contribution in [2.24, 2.45) is 0 Å². The topological polar surface area (TPSA) is 79.2 Å². The lowest BCUT2D eigenvalue weighted by molar-refractivity contribution is -0.123. The standard InChI is InChI=1S/C17H12F2N2O3/c1-10(16(22)21-15-5-3-2-4-11(15)9-20)24-17(23)13-7-6-12(18)8-14(13)19/h2-8,10H,1H3,(H,21,22)/t10-/m0/s1.